The van der Waals surface area contributed by atoms with Crippen molar-refractivity contribution in [3.63, 3.8) is 0 Å². The fourth-order valence-corrected chi connectivity index (χ4v) is 2.23. The van der Waals surface area contributed by atoms with Crippen LogP contribution in [0.2, 0.25) is 0 Å². The Kier molecular flexibility index (Phi) is 4.52. The highest BCUT2D eigenvalue weighted by atomic mass is 16.5. The minimum absolute atomic E-state index is 0.210. The number of anilines is 1. The molecule has 5 heteroatoms. The molecule has 1 aromatic carbocycles. The maximum Gasteiger partial charge on any atom is 0.255 e. The summed E-state index contributed by atoms with van der Waals surface area (Å²) in [5, 5.41) is 2.81. The first kappa shape index (κ1) is 15.7. The molecule has 1 amide bonds. The van der Waals surface area contributed by atoms with E-state index in [1.807, 2.05) is 31.2 Å². The zero-order valence-corrected chi connectivity index (χ0v) is 13.5. The van der Waals surface area contributed by atoms with Gasteiger partial charge in [-0.3, -0.25) is 9.78 Å². The van der Waals surface area contributed by atoms with E-state index in [0.29, 0.717) is 17.1 Å². The zero-order valence-electron chi connectivity index (χ0n) is 13.5. The highest BCUT2D eigenvalue weighted by Gasteiger charge is 2.09. The van der Waals surface area contributed by atoms with E-state index in [-0.39, 0.29) is 5.91 Å². The van der Waals surface area contributed by atoms with Gasteiger partial charge >= 0.3 is 0 Å². The van der Waals surface area contributed by atoms with Crippen LogP contribution in [0.4, 0.5) is 5.69 Å². The molecule has 0 aliphatic heterocycles. The molecular weight excluding hydrogens is 302 g/mol. The van der Waals surface area contributed by atoms with Gasteiger partial charge in [0.25, 0.3) is 5.91 Å². The van der Waals surface area contributed by atoms with E-state index in [9.17, 15) is 4.79 Å². The van der Waals surface area contributed by atoms with Crippen molar-refractivity contribution in [2.24, 2.45) is 0 Å². The van der Waals surface area contributed by atoms with Crippen LogP contribution in [0.15, 0.2) is 60.9 Å². The number of hydrogen-bond donors (Lipinski definition) is 1. The lowest BCUT2D eigenvalue weighted by Crippen LogP contribution is -2.12. The quantitative estimate of drug-likeness (QED) is 0.796. The monoisotopic (exact) mass is 319 g/mol. The fraction of sp³-hybridized carbons (Fsp3) is 0.105. The maximum absolute atomic E-state index is 12.4. The molecule has 1 N–H and O–H groups in total. The molecule has 0 saturated heterocycles. The number of methoxy groups -OCH3 is 1. The number of carbonyl (C=O) groups is 1. The summed E-state index contributed by atoms with van der Waals surface area (Å²) in [6.07, 6.45) is 3.19. The molecule has 0 aliphatic rings. The van der Waals surface area contributed by atoms with Crippen LogP contribution in [-0.4, -0.2) is 23.0 Å². The zero-order chi connectivity index (χ0) is 16.9. The van der Waals surface area contributed by atoms with Crippen LogP contribution in [0.1, 0.15) is 15.9 Å². The van der Waals surface area contributed by atoms with Gasteiger partial charge in [0.05, 0.1) is 24.7 Å². The number of rotatable bonds is 4. The highest BCUT2D eigenvalue weighted by Crippen LogP contribution is 2.19. The molecule has 2 heterocycles. The molecule has 120 valence electrons. The summed E-state index contributed by atoms with van der Waals surface area (Å²) in [6, 6.07) is 14.9. The van der Waals surface area contributed by atoms with Crippen LogP contribution < -0.4 is 10.1 Å². The van der Waals surface area contributed by atoms with Gasteiger partial charge in [0.15, 0.2) is 0 Å². The fourth-order valence-electron chi connectivity index (χ4n) is 2.23. The lowest BCUT2D eigenvalue weighted by atomic mass is 10.1. The number of benzene rings is 1. The third-order valence-corrected chi connectivity index (χ3v) is 3.57. The summed E-state index contributed by atoms with van der Waals surface area (Å²) in [5.41, 5.74) is 4.06. The molecular formula is C19H17N3O2. The molecule has 3 aromatic rings. The molecule has 0 fully saturated rings. The Hall–Kier alpha value is -3.21. The first-order valence-corrected chi connectivity index (χ1v) is 7.50. The van der Waals surface area contributed by atoms with Crippen molar-refractivity contribution in [1.29, 1.82) is 0 Å². The SMILES string of the molecule is COc1ccc(NC(=O)c2ccnc(-c3ccc(C)cc3)c2)cn1. The average molecular weight is 319 g/mol. The third kappa shape index (κ3) is 3.57. The minimum Gasteiger partial charge on any atom is -0.481 e. The number of carbonyl (C=O) groups excluding carboxylic acids is 1. The Labute approximate surface area is 140 Å². The molecule has 0 unspecified atom stereocenters. The van der Waals surface area contributed by atoms with Crippen molar-refractivity contribution >= 4 is 11.6 Å². The number of aromatic nitrogens is 2. The predicted molar refractivity (Wildman–Crippen MR) is 93.2 cm³/mol. The lowest BCUT2D eigenvalue weighted by Gasteiger charge is -2.07. The molecule has 5 nitrogen and oxygen atoms in total. The summed E-state index contributed by atoms with van der Waals surface area (Å²) in [4.78, 5) is 20.8. The number of ether oxygens (including phenoxy) is 1. The van der Waals surface area contributed by atoms with Gasteiger partial charge in [-0.2, -0.15) is 0 Å². The van der Waals surface area contributed by atoms with Crippen LogP contribution in [0.3, 0.4) is 0 Å². The molecule has 0 saturated carbocycles. The molecule has 24 heavy (non-hydrogen) atoms. The second kappa shape index (κ2) is 6.91. The van der Waals surface area contributed by atoms with E-state index in [1.54, 1.807) is 43.8 Å². The predicted octanol–water partition coefficient (Wildman–Crippen LogP) is 3.71. The Balaban J connectivity index is 1.79. The number of nitrogens with one attached hydrogen (secondary N) is 1. The Bertz CT molecular complexity index is 843. The summed E-state index contributed by atoms with van der Waals surface area (Å²) < 4.78 is 5.00. The van der Waals surface area contributed by atoms with Crippen LogP contribution in [0.5, 0.6) is 5.88 Å². The summed E-state index contributed by atoms with van der Waals surface area (Å²) in [7, 11) is 1.55. The van der Waals surface area contributed by atoms with Gasteiger partial charge in [0.2, 0.25) is 5.88 Å². The van der Waals surface area contributed by atoms with Crippen LogP contribution in [0, 0.1) is 6.92 Å². The number of hydrogen-bond acceptors (Lipinski definition) is 4. The molecule has 0 aliphatic carbocycles. The topological polar surface area (TPSA) is 64.1 Å². The molecule has 0 bridgehead atoms. The molecule has 0 atom stereocenters. The van der Waals surface area contributed by atoms with E-state index in [1.165, 1.54) is 5.56 Å². The van der Waals surface area contributed by atoms with Gasteiger partial charge in [-0.25, -0.2) is 4.98 Å². The van der Waals surface area contributed by atoms with Crippen molar-refractivity contribution in [2.75, 3.05) is 12.4 Å². The number of amides is 1. The van der Waals surface area contributed by atoms with Crippen molar-refractivity contribution in [2.45, 2.75) is 6.92 Å². The smallest absolute Gasteiger partial charge is 0.255 e. The standard InChI is InChI=1S/C19H17N3O2/c1-13-3-5-14(6-4-13)17-11-15(9-10-20-17)19(23)22-16-7-8-18(24-2)21-12-16/h3-12H,1-2H3,(H,22,23). The molecule has 2 aromatic heterocycles. The van der Waals surface area contributed by atoms with Gasteiger partial charge in [-0.05, 0) is 25.1 Å². The van der Waals surface area contributed by atoms with E-state index in [2.05, 4.69) is 15.3 Å². The van der Waals surface area contributed by atoms with Crippen LogP contribution in [-0.2, 0) is 0 Å². The van der Waals surface area contributed by atoms with Gasteiger partial charge in [0, 0.05) is 23.4 Å². The van der Waals surface area contributed by atoms with Crippen LogP contribution >= 0.6 is 0 Å². The first-order valence-electron chi connectivity index (χ1n) is 7.50. The molecule has 0 radical (unpaired) electrons. The van der Waals surface area contributed by atoms with Gasteiger partial charge in [-0.15, -0.1) is 0 Å². The average Bonchev–Trinajstić information content (AvgIpc) is 2.63. The third-order valence-electron chi connectivity index (χ3n) is 3.57. The minimum atomic E-state index is -0.210. The van der Waals surface area contributed by atoms with Crippen LogP contribution in [0.25, 0.3) is 11.3 Å². The van der Waals surface area contributed by atoms with Gasteiger partial charge in [-0.1, -0.05) is 29.8 Å². The van der Waals surface area contributed by atoms with Crippen molar-refractivity contribution < 1.29 is 9.53 Å². The Morgan fingerprint density at radius 3 is 2.50 bits per heavy atom. The Morgan fingerprint density at radius 1 is 1.04 bits per heavy atom. The van der Waals surface area contributed by atoms with E-state index in [0.717, 1.165) is 11.3 Å². The Morgan fingerprint density at radius 2 is 1.83 bits per heavy atom. The second-order valence-electron chi connectivity index (χ2n) is 5.34. The van der Waals surface area contributed by atoms with E-state index >= 15 is 0 Å². The van der Waals surface area contributed by atoms with Crippen molar-refractivity contribution in [3.8, 4) is 17.1 Å². The van der Waals surface area contributed by atoms with E-state index < -0.39 is 0 Å². The molecule has 0 spiro atoms. The summed E-state index contributed by atoms with van der Waals surface area (Å²) >= 11 is 0. The van der Waals surface area contributed by atoms with Crippen molar-refractivity contribution in [1.82, 2.24) is 9.97 Å². The normalized spacial score (nSPS) is 10.2. The number of aryl methyl sites for hydroxylation is 1. The largest absolute Gasteiger partial charge is 0.481 e. The number of nitrogens with zero attached hydrogens (tertiary/aromatic N) is 2. The number of pyridine rings is 2. The maximum atomic E-state index is 12.4. The van der Waals surface area contributed by atoms with Crippen molar-refractivity contribution in [3.05, 3.63) is 72.1 Å². The summed E-state index contributed by atoms with van der Waals surface area (Å²) in [6.45, 7) is 2.03. The van der Waals surface area contributed by atoms with Gasteiger partial charge < -0.3 is 10.1 Å². The first-order chi connectivity index (χ1) is 11.7. The summed E-state index contributed by atoms with van der Waals surface area (Å²) in [5.74, 6) is 0.288. The highest BCUT2D eigenvalue weighted by molar-refractivity contribution is 6.04. The van der Waals surface area contributed by atoms with Gasteiger partial charge in [0.1, 0.15) is 0 Å². The second-order valence-corrected chi connectivity index (χ2v) is 5.34. The van der Waals surface area contributed by atoms with E-state index in [4.69, 9.17) is 4.74 Å². The molecule has 3 rings (SSSR count). The lowest BCUT2D eigenvalue weighted by molar-refractivity contribution is 0.102.